The number of aryl methyl sites for hydroxylation is 1. The van der Waals surface area contributed by atoms with E-state index in [0.29, 0.717) is 10.9 Å². The molecule has 1 aliphatic rings. The van der Waals surface area contributed by atoms with Crippen LogP contribution in [0.25, 0.3) is 0 Å². The molecule has 0 aliphatic carbocycles. The molecule has 0 unspecified atom stereocenters. The minimum absolute atomic E-state index is 0.210. The smallest absolute Gasteiger partial charge is 0.317 e. The van der Waals surface area contributed by atoms with Crippen molar-refractivity contribution in [2.45, 2.75) is 25.8 Å². The summed E-state index contributed by atoms with van der Waals surface area (Å²) >= 11 is 5.81. The molecule has 4 nitrogen and oxygen atoms in total. The fraction of sp³-hybridized carbons (Fsp3) is 0.636. The van der Waals surface area contributed by atoms with Gasteiger partial charge in [-0.2, -0.15) is 0 Å². The molecule has 1 aromatic rings. The lowest BCUT2D eigenvalue weighted by Gasteiger charge is -2.22. The first-order valence-corrected chi connectivity index (χ1v) is 6.06. The van der Waals surface area contributed by atoms with Gasteiger partial charge < -0.3 is 5.32 Å². The third-order valence-corrected chi connectivity index (χ3v) is 3.26. The molecule has 1 N–H and O–H groups in total. The van der Waals surface area contributed by atoms with Crippen LogP contribution in [0, 0.1) is 5.92 Å². The second-order valence-corrected chi connectivity index (χ2v) is 4.67. The lowest BCUT2D eigenvalue weighted by atomic mass is 9.95. The van der Waals surface area contributed by atoms with Crippen LogP contribution in [0.5, 0.6) is 0 Å². The van der Waals surface area contributed by atoms with Crippen molar-refractivity contribution >= 4 is 11.6 Å². The van der Waals surface area contributed by atoms with E-state index in [1.807, 2.05) is 0 Å². The number of hydrogen-bond donors (Lipinski definition) is 1. The van der Waals surface area contributed by atoms with E-state index < -0.39 is 0 Å². The molecule has 1 aromatic heterocycles. The van der Waals surface area contributed by atoms with Crippen molar-refractivity contribution in [2.75, 3.05) is 13.1 Å². The number of nitrogens with one attached hydrogen (secondary N) is 1. The molecule has 0 aromatic carbocycles. The highest BCUT2D eigenvalue weighted by atomic mass is 35.5. The molecule has 1 saturated heterocycles. The van der Waals surface area contributed by atoms with E-state index in [1.165, 1.54) is 19.0 Å². The predicted molar refractivity (Wildman–Crippen MR) is 63.7 cm³/mol. The molecule has 1 fully saturated rings. The Labute approximate surface area is 99.6 Å². The lowest BCUT2D eigenvalue weighted by molar-refractivity contribution is 0.335. The average Bonchev–Trinajstić information content (AvgIpc) is 2.32. The van der Waals surface area contributed by atoms with Crippen molar-refractivity contribution in [2.24, 2.45) is 5.92 Å². The second-order valence-electron chi connectivity index (χ2n) is 4.23. The lowest BCUT2D eigenvalue weighted by Crippen LogP contribution is -2.29. The van der Waals surface area contributed by atoms with E-state index in [2.05, 4.69) is 10.3 Å². The van der Waals surface area contributed by atoms with Crippen molar-refractivity contribution < 1.29 is 0 Å². The van der Waals surface area contributed by atoms with Crippen molar-refractivity contribution in [3.63, 3.8) is 0 Å². The molecule has 0 amide bonds. The zero-order valence-electron chi connectivity index (χ0n) is 9.16. The summed E-state index contributed by atoms with van der Waals surface area (Å²) < 4.78 is 1.60. The summed E-state index contributed by atoms with van der Waals surface area (Å²) in [4.78, 5) is 15.1. The second kappa shape index (κ2) is 5.46. The maximum atomic E-state index is 11.4. The predicted octanol–water partition coefficient (Wildman–Crippen LogP) is 1.29. The van der Waals surface area contributed by atoms with Gasteiger partial charge in [-0.3, -0.25) is 4.57 Å². The Balaban J connectivity index is 1.93. The molecule has 2 rings (SSSR count). The van der Waals surface area contributed by atoms with Gasteiger partial charge in [-0.05, 0) is 38.3 Å². The van der Waals surface area contributed by atoms with Gasteiger partial charge in [0.25, 0.3) is 0 Å². The van der Waals surface area contributed by atoms with Crippen LogP contribution in [0.2, 0.25) is 5.02 Å². The summed E-state index contributed by atoms with van der Waals surface area (Å²) in [6.45, 7) is 2.90. The first-order valence-electron chi connectivity index (χ1n) is 5.68. The monoisotopic (exact) mass is 241 g/mol. The van der Waals surface area contributed by atoms with Gasteiger partial charge in [0.05, 0.1) is 11.2 Å². The SMILES string of the molecule is O=c1ncc(Cl)cn1CCC1CCNCC1. The summed E-state index contributed by atoms with van der Waals surface area (Å²) in [7, 11) is 0. The first kappa shape index (κ1) is 11.6. The normalized spacial score (nSPS) is 17.6. The molecule has 0 saturated carbocycles. The highest BCUT2D eigenvalue weighted by Gasteiger charge is 2.12. The summed E-state index contributed by atoms with van der Waals surface area (Å²) in [5.41, 5.74) is -0.210. The van der Waals surface area contributed by atoms with Gasteiger partial charge in [-0.1, -0.05) is 11.6 Å². The van der Waals surface area contributed by atoms with E-state index in [-0.39, 0.29) is 5.69 Å². The van der Waals surface area contributed by atoms with Crippen LogP contribution in [-0.4, -0.2) is 22.6 Å². The van der Waals surface area contributed by atoms with Gasteiger partial charge in [0.1, 0.15) is 0 Å². The van der Waals surface area contributed by atoms with Gasteiger partial charge in [-0.25, -0.2) is 9.78 Å². The molecule has 0 atom stereocenters. The van der Waals surface area contributed by atoms with Gasteiger partial charge >= 0.3 is 5.69 Å². The van der Waals surface area contributed by atoms with E-state index in [9.17, 15) is 4.79 Å². The van der Waals surface area contributed by atoms with Crippen molar-refractivity contribution in [3.8, 4) is 0 Å². The summed E-state index contributed by atoms with van der Waals surface area (Å²) in [5.74, 6) is 0.715. The summed E-state index contributed by atoms with van der Waals surface area (Å²) in [6, 6.07) is 0. The molecule has 5 heteroatoms. The zero-order valence-corrected chi connectivity index (χ0v) is 9.91. The Hall–Kier alpha value is -0.870. The topological polar surface area (TPSA) is 46.9 Å². The fourth-order valence-corrected chi connectivity index (χ4v) is 2.25. The molecule has 16 heavy (non-hydrogen) atoms. The largest absolute Gasteiger partial charge is 0.347 e. The fourth-order valence-electron chi connectivity index (χ4n) is 2.08. The number of nitrogens with zero attached hydrogens (tertiary/aromatic N) is 2. The van der Waals surface area contributed by atoms with Crippen molar-refractivity contribution in [1.29, 1.82) is 0 Å². The van der Waals surface area contributed by atoms with Crippen LogP contribution in [0.15, 0.2) is 17.2 Å². The van der Waals surface area contributed by atoms with Crippen LogP contribution in [-0.2, 0) is 6.54 Å². The minimum Gasteiger partial charge on any atom is -0.317 e. The van der Waals surface area contributed by atoms with E-state index in [1.54, 1.807) is 10.8 Å². The number of hydrogen-bond acceptors (Lipinski definition) is 3. The molecule has 88 valence electrons. The van der Waals surface area contributed by atoms with E-state index >= 15 is 0 Å². The van der Waals surface area contributed by atoms with Crippen LogP contribution >= 0.6 is 11.6 Å². The van der Waals surface area contributed by atoms with E-state index in [4.69, 9.17) is 11.6 Å². The van der Waals surface area contributed by atoms with Crippen molar-refractivity contribution in [1.82, 2.24) is 14.9 Å². The minimum atomic E-state index is -0.210. The van der Waals surface area contributed by atoms with Gasteiger partial charge in [-0.15, -0.1) is 0 Å². The molecule has 1 aliphatic heterocycles. The van der Waals surface area contributed by atoms with Crippen LogP contribution in [0.3, 0.4) is 0 Å². The average molecular weight is 242 g/mol. The molecular formula is C11H16ClN3O. The number of aromatic nitrogens is 2. The Morgan fingerprint density at radius 2 is 2.25 bits per heavy atom. The zero-order chi connectivity index (χ0) is 11.4. The maximum absolute atomic E-state index is 11.4. The van der Waals surface area contributed by atoms with Crippen molar-refractivity contribution in [3.05, 3.63) is 27.9 Å². The molecular weight excluding hydrogens is 226 g/mol. The Morgan fingerprint density at radius 3 is 3.00 bits per heavy atom. The highest BCUT2D eigenvalue weighted by molar-refractivity contribution is 6.30. The highest BCUT2D eigenvalue weighted by Crippen LogP contribution is 2.16. The Morgan fingerprint density at radius 1 is 1.50 bits per heavy atom. The van der Waals surface area contributed by atoms with Crippen LogP contribution in [0.4, 0.5) is 0 Å². The number of rotatable bonds is 3. The summed E-state index contributed by atoms with van der Waals surface area (Å²) in [5, 5.41) is 3.85. The van der Waals surface area contributed by atoms with Gasteiger partial charge in [0.2, 0.25) is 0 Å². The molecule has 0 spiro atoms. The Kier molecular flexibility index (Phi) is 3.96. The van der Waals surface area contributed by atoms with Gasteiger partial charge in [0.15, 0.2) is 0 Å². The van der Waals surface area contributed by atoms with Crippen LogP contribution < -0.4 is 11.0 Å². The maximum Gasteiger partial charge on any atom is 0.347 e. The number of piperidine rings is 1. The third kappa shape index (κ3) is 3.06. The molecule has 0 bridgehead atoms. The quantitative estimate of drug-likeness (QED) is 0.868. The van der Waals surface area contributed by atoms with E-state index in [0.717, 1.165) is 26.1 Å². The first-order chi connectivity index (χ1) is 7.75. The Bertz CT molecular complexity index is 398. The number of halogens is 1. The molecule has 0 radical (unpaired) electrons. The molecule has 2 heterocycles. The standard InChI is InChI=1S/C11H16ClN3O/c12-10-7-14-11(16)15(8-10)6-3-9-1-4-13-5-2-9/h7-9,13H,1-6H2. The van der Waals surface area contributed by atoms with Gasteiger partial charge in [0, 0.05) is 12.7 Å². The summed E-state index contributed by atoms with van der Waals surface area (Å²) in [6.07, 6.45) is 6.48. The third-order valence-electron chi connectivity index (χ3n) is 3.06. The van der Waals surface area contributed by atoms with Crippen LogP contribution in [0.1, 0.15) is 19.3 Å².